The third-order valence-corrected chi connectivity index (χ3v) is 6.18. The Morgan fingerprint density at radius 2 is 2.03 bits per heavy atom. The number of methoxy groups -OCH3 is 1. The van der Waals surface area contributed by atoms with E-state index in [2.05, 4.69) is 15.5 Å². The minimum absolute atomic E-state index is 0.142. The number of fused-ring (bicyclic) bond motifs is 3. The fourth-order valence-corrected chi connectivity index (χ4v) is 4.14. The summed E-state index contributed by atoms with van der Waals surface area (Å²) in [6, 6.07) is 12.9. The number of thioether (sulfide) groups is 1. The molecule has 2 heterocycles. The summed E-state index contributed by atoms with van der Waals surface area (Å²) in [7, 11) is 1.63. The summed E-state index contributed by atoms with van der Waals surface area (Å²) in [4.78, 5) is 12.4. The zero-order valence-corrected chi connectivity index (χ0v) is 17.9. The predicted molar refractivity (Wildman–Crippen MR) is 118 cm³/mol. The van der Waals surface area contributed by atoms with E-state index in [4.69, 9.17) is 27.9 Å². The molecule has 0 saturated heterocycles. The van der Waals surface area contributed by atoms with Gasteiger partial charge in [-0.2, -0.15) is 0 Å². The molecule has 0 aliphatic heterocycles. The standard InChI is InChI=1S/C20H16Cl2N4O2S/c1-11-8-17-24-25-20(26(17)16-9-12(28-2)6-7-13(11)16)29-10-18(27)23-15-5-3-4-14(21)19(15)22/h3-9H,10H2,1-2H3,(H,23,27). The lowest BCUT2D eigenvalue weighted by Crippen LogP contribution is -2.14. The second kappa shape index (κ2) is 8.10. The van der Waals surface area contributed by atoms with Crippen LogP contribution in [0.3, 0.4) is 0 Å². The summed E-state index contributed by atoms with van der Waals surface area (Å²) >= 11 is 13.4. The number of halogens is 2. The summed E-state index contributed by atoms with van der Waals surface area (Å²) < 4.78 is 7.29. The molecule has 0 unspecified atom stereocenters. The number of hydrogen-bond acceptors (Lipinski definition) is 5. The number of carbonyl (C=O) groups excluding carboxylic acids is 1. The van der Waals surface area contributed by atoms with E-state index in [0.717, 1.165) is 22.2 Å². The number of nitrogens with one attached hydrogen (secondary N) is 1. The maximum atomic E-state index is 12.4. The fraction of sp³-hybridized carbons (Fsp3) is 0.150. The summed E-state index contributed by atoms with van der Waals surface area (Å²) in [5.41, 5.74) is 3.20. The summed E-state index contributed by atoms with van der Waals surface area (Å²) in [5, 5.41) is 13.7. The van der Waals surface area contributed by atoms with Crippen LogP contribution in [0.5, 0.6) is 5.75 Å². The van der Waals surface area contributed by atoms with Gasteiger partial charge in [0.05, 0.1) is 34.1 Å². The van der Waals surface area contributed by atoms with E-state index in [1.807, 2.05) is 35.6 Å². The lowest BCUT2D eigenvalue weighted by atomic mass is 10.1. The van der Waals surface area contributed by atoms with Gasteiger partial charge in [-0.1, -0.05) is 41.0 Å². The second-order valence-electron chi connectivity index (χ2n) is 6.32. The highest BCUT2D eigenvalue weighted by Gasteiger charge is 2.15. The van der Waals surface area contributed by atoms with Crippen molar-refractivity contribution in [1.82, 2.24) is 14.6 Å². The second-order valence-corrected chi connectivity index (χ2v) is 8.05. The predicted octanol–water partition coefficient (Wildman–Crippen LogP) is 5.24. The first-order chi connectivity index (χ1) is 14.0. The van der Waals surface area contributed by atoms with Gasteiger partial charge in [0.25, 0.3) is 0 Å². The number of hydrogen-bond donors (Lipinski definition) is 1. The molecule has 0 fully saturated rings. The van der Waals surface area contributed by atoms with Crippen LogP contribution in [0.4, 0.5) is 5.69 Å². The molecule has 2 aromatic heterocycles. The number of aromatic nitrogens is 3. The molecule has 1 N–H and O–H groups in total. The number of carbonyl (C=O) groups is 1. The van der Waals surface area contributed by atoms with Crippen LogP contribution in [0.2, 0.25) is 10.0 Å². The number of rotatable bonds is 5. The van der Waals surface area contributed by atoms with Crippen molar-refractivity contribution >= 4 is 63.1 Å². The Balaban J connectivity index is 1.62. The molecule has 0 aliphatic carbocycles. The van der Waals surface area contributed by atoms with Crippen molar-refractivity contribution in [3.05, 3.63) is 58.1 Å². The molecule has 4 rings (SSSR count). The molecule has 9 heteroatoms. The van der Waals surface area contributed by atoms with E-state index in [-0.39, 0.29) is 11.7 Å². The molecule has 0 radical (unpaired) electrons. The van der Waals surface area contributed by atoms with E-state index in [1.54, 1.807) is 25.3 Å². The third-order valence-electron chi connectivity index (χ3n) is 4.43. The number of aryl methyl sites for hydroxylation is 1. The maximum Gasteiger partial charge on any atom is 0.234 e. The normalized spacial score (nSPS) is 11.2. The summed E-state index contributed by atoms with van der Waals surface area (Å²) in [6.07, 6.45) is 0. The number of amides is 1. The Morgan fingerprint density at radius 3 is 2.83 bits per heavy atom. The molecule has 2 aromatic carbocycles. The molecule has 29 heavy (non-hydrogen) atoms. The molecule has 6 nitrogen and oxygen atoms in total. The van der Waals surface area contributed by atoms with Crippen LogP contribution >= 0.6 is 35.0 Å². The van der Waals surface area contributed by atoms with Crippen molar-refractivity contribution in [2.75, 3.05) is 18.2 Å². The quantitative estimate of drug-likeness (QED) is 0.424. The first-order valence-electron chi connectivity index (χ1n) is 8.67. The maximum absolute atomic E-state index is 12.4. The van der Waals surface area contributed by atoms with Gasteiger partial charge in [-0.15, -0.1) is 10.2 Å². The van der Waals surface area contributed by atoms with Crippen LogP contribution in [0.15, 0.2) is 47.6 Å². The Morgan fingerprint density at radius 1 is 1.21 bits per heavy atom. The summed E-state index contributed by atoms with van der Waals surface area (Å²) in [5.74, 6) is 0.662. The largest absolute Gasteiger partial charge is 0.497 e. The third kappa shape index (κ3) is 3.85. The monoisotopic (exact) mass is 446 g/mol. The van der Waals surface area contributed by atoms with Gasteiger partial charge in [-0.05, 0) is 42.8 Å². The lowest BCUT2D eigenvalue weighted by molar-refractivity contribution is -0.113. The van der Waals surface area contributed by atoms with Crippen molar-refractivity contribution in [3.63, 3.8) is 0 Å². The van der Waals surface area contributed by atoms with Crippen LogP contribution in [-0.4, -0.2) is 33.4 Å². The number of ether oxygens (including phenoxy) is 1. The molecule has 148 valence electrons. The van der Waals surface area contributed by atoms with E-state index in [1.165, 1.54) is 11.8 Å². The highest BCUT2D eigenvalue weighted by atomic mass is 35.5. The fourth-order valence-electron chi connectivity index (χ4n) is 3.04. The van der Waals surface area contributed by atoms with Crippen molar-refractivity contribution < 1.29 is 9.53 Å². The van der Waals surface area contributed by atoms with Crippen molar-refractivity contribution in [1.29, 1.82) is 0 Å². The SMILES string of the molecule is COc1ccc2c(C)cc3nnc(SCC(=O)Nc4cccc(Cl)c4Cl)n3c2c1. The Hall–Kier alpha value is -2.48. The molecule has 0 aliphatic rings. The number of anilines is 1. The minimum Gasteiger partial charge on any atom is -0.497 e. The van der Waals surface area contributed by atoms with E-state index in [9.17, 15) is 4.79 Å². The van der Waals surface area contributed by atoms with Crippen molar-refractivity contribution in [3.8, 4) is 5.75 Å². The molecule has 4 aromatic rings. The van der Waals surface area contributed by atoms with Gasteiger partial charge >= 0.3 is 0 Å². The van der Waals surface area contributed by atoms with Gasteiger partial charge in [0, 0.05) is 11.5 Å². The molecule has 0 bridgehead atoms. The highest BCUT2D eigenvalue weighted by molar-refractivity contribution is 7.99. The minimum atomic E-state index is -0.218. The number of nitrogens with zero attached hydrogens (tertiary/aromatic N) is 3. The molecular formula is C20H16Cl2N4O2S. The van der Waals surface area contributed by atoms with Crippen LogP contribution < -0.4 is 10.1 Å². The molecule has 0 atom stereocenters. The average molecular weight is 447 g/mol. The van der Waals surface area contributed by atoms with E-state index in [0.29, 0.717) is 26.5 Å². The summed E-state index contributed by atoms with van der Waals surface area (Å²) in [6.45, 7) is 2.03. The topological polar surface area (TPSA) is 68.5 Å². The van der Waals surface area contributed by atoms with Gasteiger partial charge in [0.15, 0.2) is 10.8 Å². The zero-order valence-electron chi connectivity index (χ0n) is 15.6. The van der Waals surface area contributed by atoms with Crippen LogP contribution in [-0.2, 0) is 4.79 Å². The lowest BCUT2D eigenvalue weighted by Gasteiger charge is -2.10. The van der Waals surface area contributed by atoms with E-state index >= 15 is 0 Å². The molecular weight excluding hydrogens is 431 g/mol. The van der Waals surface area contributed by atoms with Crippen LogP contribution in [0.25, 0.3) is 16.6 Å². The average Bonchev–Trinajstić information content (AvgIpc) is 3.12. The first-order valence-corrected chi connectivity index (χ1v) is 10.4. The smallest absolute Gasteiger partial charge is 0.234 e. The first kappa shape index (κ1) is 19.8. The van der Waals surface area contributed by atoms with Crippen LogP contribution in [0.1, 0.15) is 5.56 Å². The molecule has 1 amide bonds. The van der Waals surface area contributed by atoms with Crippen molar-refractivity contribution in [2.45, 2.75) is 12.1 Å². The van der Waals surface area contributed by atoms with Crippen LogP contribution in [0, 0.1) is 6.92 Å². The van der Waals surface area contributed by atoms with Gasteiger partial charge in [-0.3, -0.25) is 9.20 Å². The van der Waals surface area contributed by atoms with E-state index < -0.39 is 0 Å². The van der Waals surface area contributed by atoms with Gasteiger partial charge in [0.1, 0.15) is 5.75 Å². The van der Waals surface area contributed by atoms with Crippen molar-refractivity contribution in [2.24, 2.45) is 0 Å². The Bertz CT molecular complexity index is 1240. The number of benzene rings is 2. The Kier molecular flexibility index (Phi) is 5.54. The highest BCUT2D eigenvalue weighted by Crippen LogP contribution is 2.31. The molecule has 0 saturated carbocycles. The Labute approximate surface area is 181 Å². The van der Waals surface area contributed by atoms with Gasteiger partial charge in [-0.25, -0.2) is 0 Å². The zero-order chi connectivity index (χ0) is 20.5. The number of pyridine rings is 1. The molecule has 0 spiro atoms. The van der Waals surface area contributed by atoms with Gasteiger partial charge in [0.2, 0.25) is 5.91 Å². The van der Waals surface area contributed by atoms with Gasteiger partial charge < -0.3 is 10.1 Å².